The Labute approximate surface area is 284 Å². The van der Waals surface area contributed by atoms with Gasteiger partial charge in [0.25, 0.3) is 5.91 Å². The molecule has 4 aliphatic rings. The van der Waals surface area contributed by atoms with Crippen LogP contribution < -0.4 is 14.4 Å². The van der Waals surface area contributed by atoms with Gasteiger partial charge in [0.1, 0.15) is 11.4 Å². The molecule has 12 heteroatoms. The van der Waals surface area contributed by atoms with Crippen LogP contribution in [0.5, 0.6) is 5.75 Å². The highest BCUT2D eigenvalue weighted by Crippen LogP contribution is 2.49. The monoisotopic (exact) mass is 704 g/mol. The van der Waals surface area contributed by atoms with Crippen molar-refractivity contribution in [3.05, 3.63) is 70.3 Å². The van der Waals surface area contributed by atoms with Crippen LogP contribution in [-0.2, 0) is 36.4 Å². The van der Waals surface area contributed by atoms with Crippen molar-refractivity contribution in [3.8, 4) is 5.75 Å². The molecule has 256 valence electrons. The van der Waals surface area contributed by atoms with E-state index in [1.54, 1.807) is 32.2 Å². The number of benzene rings is 2. The molecule has 1 spiro atoms. The maximum atomic E-state index is 13.5. The van der Waals surface area contributed by atoms with Crippen molar-refractivity contribution < 1.29 is 31.1 Å². The Morgan fingerprint density at radius 3 is 2.64 bits per heavy atom. The SMILES string of the molecule is CO[C@]1(CS(C)(=O)=O)/C=C\C[C@H](C)[C@@H](C)S(=O)(=O)NC(=O)c2ccc3c(c2)N(C[C@@H]2CC[C@H]21)C[C@@]1(CCCc2cc(Cl)ccc21)CO3. The zero-order valence-corrected chi connectivity index (χ0v) is 29.9. The highest BCUT2D eigenvalue weighted by Gasteiger charge is 2.50. The van der Waals surface area contributed by atoms with Gasteiger partial charge in [-0.05, 0) is 105 Å². The number of anilines is 1. The fourth-order valence-electron chi connectivity index (χ4n) is 8.20. The summed E-state index contributed by atoms with van der Waals surface area (Å²) in [4.78, 5) is 15.7. The van der Waals surface area contributed by atoms with Gasteiger partial charge in [-0.2, -0.15) is 0 Å². The topological polar surface area (TPSA) is 119 Å². The summed E-state index contributed by atoms with van der Waals surface area (Å²) < 4.78 is 67.5. The third kappa shape index (κ3) is 6.70. The van der Waals surface area contributed by atoms with Crippen LogP contribution in [-0.4, -0.2) is 72.4 Å². The van der Waals surface area contributed by atoms with Gasteiger partial charge in [-0.3, -0.25) is 4.79 Å². The van der Waals surface area contributed by atoms with E-state index >= 15 is 0 Å². The summed E-state index contributed by atoms with van der Waals surface area (Å²) in [5, 5.41) is -0.183. The number of amides is 1. The summed E-state index contributed by atoms with van der Waals surface area (Å²) in [6.07, 6.45) is 9.81. The first kappa shape index (κ1) is 34.3. The molecule has 2 heterocycles. The van der Waals surface area contributed by atoms with Crippen LogP contribution in [0.4, 0.5) is 5.69 Å². The fraction of sp³-hybridized carbons (Fsp3) is 0.571. The second-order valence-corrected chi connectivity index (χ2v) is 18.9. The van der Waals surface area contributed by atoms with Gasteiger partial charge in [-0.15, -0.1) is 0 Å². The first-order valence-electron chi connectivity index (χ1n) is 16.4. The van der Waals surface area contributed by atoms with Gasteiger partial charge in [0.05, 0.1) is 23.3 Å². The van der Waals surface area contributed by atoms with Crippen LogP contribution in [0, 0.1) is 17.8 Å². The second-order valence-electron chi connectivity index (χ2n) is 14.3. The summed E-state index contributed by atoms with van der Waals surface area (Å²) in [6.45, 7) is 5.03. The number of halogens is 1. The van der Waals surface area contributed by atoms with Crippen LogP contribution >= 0.6 is 11.6 Å². The molecule has 0 aromatic heterocycles. The quantitative estimate of drug-likeness (QED) is 0.427. The predicted molar refractivity (Wildman–Crippen MR) is 185 cm³/mol. The number of sulfone groups is 1. The number of ether oxygens (including phenoxy) is 2. The number of hydrogen-bond acceptors (Lipinski definition) is 8. The number of allylic oxidation sites excluding steroid dienone is 1. The molecule has 0 saturated heterocycles. The summed E-state index contributed by atoms with van der Waals surface area (Å²) >= 11 is 6.42. The van der Waals surface area contributed by atoms with Crippen LogP contribution in [0.1, 0.15) is 67.4 Å². The zero-order chi connectivity index (χ0) is 33.8. The molecule has 47 heavy (non-hydrogen) atoms. The molecule has 2 aliphatic heterocycles. The lowest BCUT2D eigenvalue weighted by Gasteiger charge is -2.50. The molecular formula is C35H45ClN2O7S2. The molecule has 1 N–H and O–H groups in total. The van der Waals surface area contributed by atoms with Crippen LogP contribution in [0.15, 0.2) is 48.6 Å². The highest BCUT2D eigenvalue weighted by atomic mass is 35.5. The van der Waals surface area contributed by atoms with Crippen molar-refractivity contribution in [3.63, 3.8) is 0 Å². The molecular weight excluding hydrogens is 660 g/mol. The average molecular weight is 705 g/mol. The van der Waals surface area contributed by atoms with E-state index in [4.69, 9.17) is 21.1 Å². The number of fused-ring (bicyclic) bond motifs is 4. The van der Waals surface area contributed by atoms with Gasteiger partial charge >= 0.3 is 0 Å². The molecule has 2 aliphatic carbocycles. The summed E-state index contributed by atoms with van der Waals surface area (Å²) in [7, 11) is -5.90. The Morgan fingerprint density at radius 2 is 1.94 bits per heavy atom. The first-order valence-corrected chi connectivity index (χ1v) is 20.4. The third-order valence-corrected chi connectivity index (χ3v) is 14.2. The lowest BCUT2D eigenvalue weighted by atomic mass is 9.64. The largest absolute Gasteiger partial charge is 0.490 e. The number of carbonyl (C=O) groups is 1. The molecule has 0 unspecified atom stereocenters. The number of methoxy groups -OCH3 is 1. The van der Waals surface area contributed by atoms with E-state index in [-0.39, 0.29) is 34.5 Å². The Hall–Kier alpha value is -2.60. The molecule has 1 saturated carbocycles. The fourth-order valence-corrected chi connectivity index (χ4v) is 10.9. The Kier molecular flexibility index (Phi) is 9.26. The number of nitrogens with zero attached hydrogens (tertiary/aromatic N) is 1. The van der Waals surface area contributed by atoms with E-state index < -0.39 is 36.6 Å². The van der Waals surface area contributed by atoms with Crippen molar-refractivity contribution in [2.24, 2.45) is 17.8 Å². The number of aryl methyl sites for hydroxylation is 1. The molecule has 1 amide bonds. The highest BCUT2D eigenvalue weighted by molar-refractivity contribution is 7.91. The van der Waals surface area contributed by atoms with Crippen molar-refractivity contribution in [2.75, 3.05) is 43.7 Å². The van der Waals surface area contributed by atoms with Crippen molar-refractivity contribution >= 4 is 43.1 Å². The smallest absolute Gasteiger partial charge is 0.264 e. The Bertz CT molecular complexity index is 1800. The van der Waals surface area contributed by atoms with E-state index in [2.05, 4.69) is 15.7 Å². The number of sulfonamides is 1. The normalized spacial score (nSPS) is 33.0. The van der Waals surface area contributed by atoms with Crippen molar-refractivity contribution in [2.45, 2.75) is 68.6 Å². The van der Waals surface area contributed by atoms with Crippen molar-refractivity contribution in [1.82, 2.24) is 4.72 Å². The standard InChI is InChI=1S/C35H45ClN2O7S2/c1-23-7-5-16-35(44-3,22-46(4,40)41)30-12-9-27(30)19-38-20-34(15-6-8-25-17-28(36)11-13-29(25)34)21-45-32-14-10-26(18-31(32)38)33(39)37-47(42,43)24(23)2/h5,10-11,13-14,16-18,23-24,27,30H,6-9,12,15,19-22H2,1-4H3,(H,37,39)/b16-5-/t23-,24+,27-,30+,34-,35-/m0/s1. The maximum absolute atomic E-state index is 13.5. The molecule has 0 radical (unpaired) electrons. The minimum absolute atomic E-state index is 0.0876. The van der Waals surface area contributed by atoms with Crippen LogP contribution in [0.2, 0.25) is 5.02 Å². The van der Waals surface area contributed by atoms with Gasteiger partial charge in [0, 0.05) is 42.5 Å². The van der Waals surface area contributed by atoms with Crippen LogP contribution in [0.25, 0.3) is 0 Å². The molecule has 2 aromatic carbocycles. The van der Waals surface area contributed by atoms with Gasteiger partial charge < -0.3 is 14.4 Å². The molecule has 2 bridgehead atoms. The number of hydrogen-bond donors (Lipinski definition) is 1. The minimum Gasteiger partial charge on any atom is -0.490 e. The molecule has 1 fully saturated rings. The van der Waals surface area contributed by atoms with E-state index in [0.717, 1.165) is 32.1 Å². The molecule has 9 nitrogen and oxygen atoms in total. The molecule has 6 atom stereocenters. The van der Waals surface area contributed by atoms with Gasteiger partial charge in [-0.25, -0.2) is 21.6 Å². The molecule has 2 aromatic rings. The lowest BCUT2D eigenvalue weighted by molar-refractivity contribution is -0.0596. The van der Waals surface area contributed by atoms with Gasteiger partial charge in [-0.1, -0.05) is 36.7 Å². The lowest BCUT2D eigenvalue weighted by Crippen LogP contribution is -2.55. The van der Waals surface area contributed by atoms with E-state index in [9.17, 15) is 21.6 Å². The van der Waals surface area contributed by atoms with Crippen molar-refractivity contribution in [1.29, 1.82) is 0 Å². The first-order chi connectivity index (χ1) is 22.2. The Balaban J connectivity index is 1.48. The number of rotatable bonds is 3. The van der Waals surface area contributed by atoms with E-state index in [0.29, 0.717) is 42.6 Å². The minimum atomic E-state index is -4.02. The molecule has 6 rings (SSSR count). The third-order valence-electron chi connectivity index (χ3n) is 11.1. The number of carbonyl (C=O) groups excluding carboxylic acids is 1. The zero-order valence-electron chi connectivity index (χ0n) is 27.5. The average Bonchev–Trinajstić information content (AvgIpc) is 3.14. The Morgan fingerprint density at radius 1 is 1.15 bits per heavy atom. The number of nitrogens with one attached hydrogen (secondary N) is 1. The van der Waals surface area contributed by atoms with Crippen LogP contribution in [0.3, 0.4) is 0 Å². The second kappa shape index (κ2) is 12.7. The predicted octanol–water partition coefficient (Wildman–Crippen LogP) is 5.31. The van der Waals surface area contributed by atoms with Gasteiger partial charge in [0.15, 0.2) is 9.84 Å². The summed E-state index contributed by atoms with van der Waals surface area (Å²) in [5.74, 6) is -0.576. The van der Waals surface area contributed by atoms with E-state index in [1.807, 2.05) is 31.2 Å². The maximum Gasteiger partial charge on any atom is 0.264 e. The summed E-state index contributed by atoms with van der Waals surface area (Å²) in [5.41, 5.74) is 1.94. The van der Waals surface area contributed by atoms with E-state index in [1.165, 1.54) is 17.4 Å². The van der Waals surface area contributed by atoms with Gasteiger partial charge in [0.2, 0.25) is 10.0 Å². The summed E-state index contributed by atoms with van der Waals surface area (Å²) in [6, 6.07) is 11.2.